The first-order chi connectivity index (χ1) is 11.1. The van der Waals surface area contributed by atoms with E-state index in [0.717, 1.165) is 40.2 Å². The van der Waals surface area contributed by atoms with Crippen molar-refractivity contribution in [2.45, 2.75) is 26.2 Å². The second kappa shape index (κ2) is 6.24. The lowest BCUT2D eigenvalue weighted by Crippen LogP contribution is -2.02. The van der Waals surface area contributed by atoms with Crippen LogP contribution in [0.15, 0.2) is 42.5 Å². The molecular formula is C19H20N2O2. The van der Waals surface area contributed by atoms with Gasteiger partial charge in [0.25, 0.3) is 0 Å². The maximum Gasteiger partial charge on any atom is 0.132 e. The predicted octanol–water partition coefficient (Wildman–Crippen LogP) is 4.52. The molecule has 0 radical (unpaired) electrons. The Morgan fingerprint density at radius 2 is 1.83 bits per heavy atom. The molecule has 118 valence electrons. The van der Waals surface area contributed by atoms with Crippen molar-refractivity contribution in [2.24, 2.45) is 0 Å². The standard InChI is InChI=1S/C19H20N2O2/c1-4-12(2)19-20-17-10-9-15(23-3)11-16(17)18(21-19)13-5-7-14(22)8-6-13/h5-12,22H,4H2,1-3H3/t12-/m0/s1. The maximum absolute atomic E-state index is 9.53. The molecule has 2 aromatic carbocycles. The van der Waals surface area contributed by atoms with Crippen LogP contribution in [-0.4, -0.2) is 22.2 Å². The molecule has 1 atom stereocenters. The van der Waals surface area contributed by atoms with E-state index in [1.165, 1.54) is 0 Å². The molecule has 1 heterocycles. The fourth-order valence-electron chi connectivity index (χ4n) is 2.49. The van der Waals surface area contributed by atoms with E-state index < -0.39 is 0 Å². The highest BCUT2D eigenvalue weighted by atomic mass is 16.5. The minimum atomic E-state index is 0.242. The number of ether oxygens (including phenoxy) is 1. The SMILES string of the molecule is CC[C@H](C)c1nc(-c2ccc(O)cc2)c2cc(OC)ccc2n1. The van der Waals surface area contributed by atoms with Crippen molar-refractivity contribution in [3.05, 3.63) is 48.3 Å². The van der Waals surface area contributed by atoms with Crippen LogP contribution in [0.3, 0.4) is 0 Å². The van der Waals surface area contributed by atoms with E-state index in [4.69, 9.17) is 14.7 Å². The topological polar surface area (TPSA) is 55.2 Å². The van der Waals surface area contributed by atoms with Crippen LogP contribution >= 0.6 is 0 Å². The normalized spacial score (nSPS) is 12.3. The molecule has 0 saturated carbocycles. The van der Waals surface area contributed by atoms with E-state index in [1.54, 1.807) is 19.2 Å². The zero-order valence-electron chi connectivity index (χ0n) is 13.6. The van der Waals surface area contributed by atoms with Gasteiger partial charge in [0, 0.05) is 16.9 Å². The first kappa shape index (κ1) is 15.3. The van der Waals surface area contributed by atoms with Gasteiger partial charge in [0.15, 0.2) is 0 Å². The van der Waals surface area contributed by atoms with Gasteiger partial charge in [-0.2, -0.15) is 0 Å². The largest absolute Gasteiger partial charge is 0.508 e. The number of fused-ring (bicyclic) bond motifs is 1. The molecule has 0 unspecified atom stereocenters. The van der Waals surface area contributed by atoms with Crippen LogP contribution in [0.5, 0.6) is 11.5 Å². The van der Waals surface area contributed by atoms with Crippen molar-refractivity contribution in [2.75, 3.05) is 7.11 Å². The van der Waals surface area contributed by atoms with E-state index >= 15 is 0 Å². The Bertz CT molecular complexity index is 829. The van der Waals surface area contributed by atoms with Gasteiger partial charge in [-0.25, -0.2) is 9.97 Å². The first-order valence-electron chi connectivity index (χ1n) is 7.77. The summed E-state index contributed by atoms with van der Waals surface area (Å²) in [5.41, 5.74) is 2.72. The average molecular weight is 308 g/mol. The van der Waals surface area contributed by atoms with Crippen molar-refractivity contribution in [3.8, 4) is 22.8 Å². The van der Waals surface area contributed by atoms with E-state index in [2.05, 4.69) is 13.8 Å². The van der Waals surface area contributed by atoms with Gasteiger partial charge in [-0.15, -0.1) is 0 Å². The van der Waals surface area contributed by atoms with Crippen LogP contribution in [0.4, 0.5) is 0 Å². The minimum absolute atomic E-state index is 0.242. The average Bonchev–Trinajstić information content (AvgIpc) is 2.60. The second-order valence-corrected chi connectivity index (χ2v) is 5.67. The highest BCUT2D eigenvalue weighted by molar-refractivity contribution is 5.93. The fourth-order valence-corrected chi connectivity index (χ4v) is 2.49. The van der Waals surface area contributed by atoms with Crippen molar-refractivity contribution >= 4 is 10.9 Å². The summed E-state index contributed by atoms with van der Waals surface area (Å²) in [6.45, 7) is 4.26. The van der Waals surface area contributed by atoms with Crippen molar-refractivity contribution in [3.63, 3.8) is 0 Å². The van der Waals surface area contributed by atoms with E-state index in [9.17, 15) is 5.11 Å². The van der Waals surface area contributed by atoms with Crippen molar-refractivity contribution in [1.82, 2.24) is 9.97 Å². The van der Waals surface area contributed by atoms with Gasteiger partial charge in [-0.1, -0.05) is 13.8 Å². The molecule has 0 amide bonds. The number of methoxy groups -OCH3 is 1. The third-order valence-electron chi connectivity index (χ3n) is 4.11. The smallest absolute Gasteiger partial charge is 0.132 e. The third-order valence-corrected chi connectivity index (χ3v) is 4.11. The molecule has 0 fully saturated rings. The Balaban J connectivity index is 2.28. The highest BCUT2D eigenvalue weighted by Crippen LogP contribution is 2.31. The van der Waals surface area contributed by atoms with Gasteiger partial charge < -0.3 is 9.84 Å². The zero-order chi connectivity index (χ0) is 16.4. The van der Waals surface area contributed by atoms with Crippen LogP contribution < -0.4 is 4.74 Å². The van der Waals surface area contributed by atoms with E-state index in [1.807, 2.05) is 30.3 Å². The number of hydrogen-bond acceptors (Lipinski definition) is 4. The lowest BCUT2D eigenvalue weighted by molar-refractivity contribution is 0.415. The number of aromatic nitrogens is 2. The van der Waals surface area contributed by atoms with Crippen LogP contribution in [0.2, 0.25) is 0 Å². The van der Waals surface area contributed by atoms with Gasteiger partial charge in [-0.05, 0) is 48.9 Å². The Labute approximate surface area is 135 Å². The van der Waals surface area contributed by atoms with Crippen LogP contribution in [0.1, 0.15) is 32.0 Å². The number of phenols is 1. The summed E-state index contributed by atoms with van der Waals surface area (Å²) < 4.78 is 5.34. The quantitative estimate of drug-likeness (QED) is 0.769. The van der Waals surface area contributed by atoms with Gasteiger partial charge >= 0.3 is 0 Å². The molecule has 0 saturated heterocycles. The van der Waals surface area contributed by atoms with E-state index in [0.29, 0.717) is 0 Å². The lowest BCUT2D eigenvalue weighted by Gasteiger charge is -2.13. The van der Waals surface area contributed by atoms with Gasteiger partial charge in [-0.3, -0.25) is 0 Å². The molecule has 0 aliphatic rings. The summed E-state index contributed by atoms with van der Waals surface area (Å²) in [6, 6.07) is 12.9. The monoisotopic (exact) mass is 308 g/mol. The number of benzene rings is 2. The molecular weight excluding hydrogens is 288 g/mol. The Morgan fingerprint density at radius 1 is 1.09 bits per heavy atom. The van der Waals surface area contributed by atoms with Gasteiger partial charge in [0.1, 0.15) is 17.3 Å². The first-order valence-corrected chi connectivity index (χ1v) is 7.77. The van der Waals surface area contributed by atoms with Crippen LogP contribution in [-0.2, 0) is 0 Å². The summed E-state index contributed by atoms with van der Waals surface area (Å²) in [5, 5.41) is 10.5. The Hall–Kier alpha value is -2.62. The number of rotatable bonds is 4. The number of nitrogens with zero attached hydrogens (tertiary/aromatic N) is 2. The molecule has 0 aliphatic heterocycles. The number of aromatic hydroxyl groups is 1. The third kappa shape index (κ3) is 2.97. The fraction of sp³-hybridized carbons (Fsp3) is 0.263. The molecule has 1 N–H and O–H groups in total. The van der Waals surface area contributed by atoms with Crippen molar-refractivity contribution in [1.29, 1.82) is 0 Å². The molecule has 1 aromatic heterocycles. The molecule has 0 bridgehead atoms. The summed E-state index contributed by atoms with van der Waals surface area (Å²) >= 11 is 0. The van der Waals surface area contributed by atoms with E-state index in [-0.39, 0.29) is 11.7 Å². The maximum atomic E-state index is 9.53. The number of phenolic OH excluding ortho intramolecular Hbond substituents is 1. The number of hydrogen-bond donors (Lipinski definition) is 1. The summed E-state index contributed by atoms with van der Waals surface area (Å²) in [5.74, 6) is 2.15. The zero-order valence-corrected chi connectivity index (χ0v) is 13.6. The molecule has 3 rings (SSSR count). The minimum Gasteiger partial charge on any atom is -0.508 e. The van der Waals surface area contributed by atoms with Crippen molar-refractivity contribution < 1.29 is 9.84 Å². The highest BCUT2D eigenvalue weighted by Gasteiger charge is 2.14. The summed E-state index contributed by atoms with van der Waals surface area (Å²) in [7, 11) is 1.65. The molecule has 0 spiro atoms. The summed E-state index contributed by atoms with van der Waals surface area (Å²) in [6.07, 6.45) is 0.983. The molecule has 3 aromatic rings. The Morgan fingerprint density at radius 3 is 2.48 bits per heavy atom. The summed E-state index contributed by atoms with van der Waals surface area (Å²) in [4.78, 5) is 9.51. The van der Waals surface area contributed by atoms with Gasteiger partial charge in [0.05, 0.1) is 18.3 Å². The molecule has 0 aliphatic carbocycles. The molecule has 4 nitrogen and oxygen atoms in total. The van der Waals surface area contributed by atoms with Crippen LogP contribution in [0.25, 0.3) is 22.2 Å². The lowest BCUT2D eigenvalue weighted by atomic mass is 10.0. The Kier molecular flexibility index (Phi) is 4.15. The van der Waals surface area contributed by atoms with Crippen LogP contribution in [0, 0.1) is 0 Å². The molecule has 4 heteroatoms. The second-order valence-electron chi connectivity index (χ2n) is 5.67. The predicted molar refractivity (Wildman–Crippen MR) is 91.9 cm³/mol. The molecule has 23 heavy (non-hydrogen) atoms. The van der Waals surface area contributed by atoms with Gasteiger partial charge in [0.2, 0.25) is 0 Å².